The Morgan fingerprint density at radius 2 is 1.43 bits per heavy atom. The van der Waals surface area contributed by atoms with Gasteiger partial charge in [-0.05, 0) is 61.3 Å². The van der Waals surface area contributed by atoms with Crippen LogP contribution in [0.15, 0.2) is 0 Å². The van der Waals surface area contributed by atoms with Gasteiger partial charge in [0.2, 0.25) is 0 Å². The average molecular weight is 300 g/mol. The molecule has 2 amide bonds. The first-order chi connectivity index (χ1) is 9.41. The number of hydrazine groups is 1. The minimum atomic E-state index is -0.603. The molecule has 21 heavy (non-hydrogen) atoms. The zero-order chi connectivity index (χ0) is 16.4. The fourth-order valence-corrected chi connectivity index (χ4v) is 2.09. The Morgan fingerprint density at radius 3 is 1.90 bits per heavy atom. The average Bonchev–Trinajstić information content (AvgIpc) is 2.23. The van der Waals surface area contributed by atoms with Crippen LogP contribution in [0.25, 0.3) is 0 Å². The molecule has 0 aliphatic carbocycles. The van der Waals surface area contributed by atoms with Crippen molar-refractivity contribution >= 4 is 12.2 Å². The van der Waals surface area contributed by atoms with Crippen LogP contribution >= 0.6 is 0 Å². The second-order valence-corrected chi connectivity index (χ2v) is 7.42. The summed E-state index contributed by atoms with van der Waals surface area (Å²) in [6.45, 7) is 13.2. The van der Waals surface area contributed by atoms with Crippen molar-refractivity contribution in [3.8, 4) is 0 Å². The van der Waals surface area contributed by atoms with E-state index >= 15 is 0 Å². The van der Waals surface area contributed by atoms with E-state index in [4.69, 9.17) is 9.47 Å². The number of nitrogens with zero attached hydrogens (tertiary/aromatic N) is 2. The van der Waals surface area contributed by atoms with Crippen LogP contribution in [0.2, 0.25) is 0 Å². The van der Waals surface area contributed by atoms with E-state index in [-0.39, 0.29) is 6.04 Å². The van der Waals surface area contributed by atoms with Crippen molar-refractivity contribution < 1.29 is 19.1 Å². The van der Waals surface area contributed by atoms with Crippen LogP contribution < -0.4 is 0 Å². The van der Waals surface area contributed by atoms with E-state index in [1.165, 1.54) is 10.0 Å². The van der Waals surface area contributed by atoms with Gasteiger partial charge in [0.1, 0.15) is 11.2 Å². The van der Waals surface area contributed by atoms with E-state index in [1.54, 1.807) is 41.5 Å². The molecule has 1 rings (SSSR count). The topological polar surface area (TPSA) is 59.1 Å². The molecule has 6 heteroatoms. The van der Waals surface area contributed by atoms with Gasteiger partial charge in [0.15, 0.2) is 0 Å². The van der Waals surface area contributed by atoms with Gasteiger partial charge in [-0.1, -0.05) is 0 Å². The Kier molecular flexibility index (Phi) is 5.12. The Balaban J connectivity index is 2.89. The van der Waals surface area contributed by atoms with Crippen molar-refractivity contribution in [2.45, 2.75) is 78.6 Å². The first kappa shape index (κ1) is 17.6. The molecule has 122 valence electrons. The Hall–Kier alpha value is -1.46. The summed E-state index contributed by atoms with van der Waals surface area (Å²) in [6.07, 6.45) is 0.638. The van der Waals surface area contributed by atoms with Crippen molar-refractivity contribution in [3.05, 3.63) is 0 Å². The molecule has 0 N–H and O–H groups in total. The molecule has 0 aromatic rings. The van der Waals surface area contributed by atoms with Gasteiger partial charge in [-0.15, -0.1) is 0 Å². The van der Waals surface area contributed by atoms with E-state index in [9.17, 15) is 9.59 Å². The molecule has 0 radical (unpaired) electrons. The van der Waals surface area contributed by atoms with Crippen LogP contribution in [0.1, 0.15) is 61.3 Å². The molecule has 0 saturated carbocycles. The zero-order valence-electron chi connectivity index (χ0n) is 14.2. The van der Waals surface area contributed by atoms with Crippen molar-refractivity contribution in [2.75, 3.05) is 6.54 Å². The molecule has 0 aromatic heterocycles. The summed E-state index contributed by atoms with van der Waals surface area (Å²) in [4.78, 5) is 24.7. The molecule has 0 bridgehead atoms. The summed E-state index contributed by atoms with van der Waals surface area (Å²) in [7, 11) is 0. The van der Waals surface area contributed by atoms with E-state index in [0.29, 0.717) is 6.54 Å². The van der Waals surface area contributed by atoms with Crippen LogP contribution in [-0.4, -0.2) is 46.0 Å². The van der Waals surface area contributed by atoms with Crippen molar-refractivity contribution in [1.82, 2.24) is 10.0 Å². The maximum absolute atomic E-state index is 12.4. The molecule has 0 aromatic carbocycles. The Labute approximate surface area is 127 Å². The zero-order valence-corrected chi connectivity index (χ0v) is 14.2. The monoisotopic (exact) mass is 300 g/mol. The summed E-state index contributed by atoms with van der Waals surface area (Å²) in [6, 6.07) is -0.0962. The summed E-state index contributed by atoms with van der Waals surface area (Å²) in [5, 5.41) is 2.73. The number of carbonyl (C=O) groups is 2. The highest BCUT2D eigenvalue weighted by atomic mass is 16.6. The van der Waals surface area contributed by atoms with E-state index in [0.717, 1.165) is 12.8 Å². The highest BCUT2D eigenvalue weighted by molar-refractivity contribution is 5.75. The molecule has 6 nitrogen and oxygen atoms in total. The van der Waals surface area contributed by atoms with Gasteiger partial charge in [0.25, 0.3) is 0 Å². The van der Waals surface area contributed by atoms with Crippen molar-refractivity contribution in [3.63, 3.8) is 0 Å². The number of carbonyl (C=O) groups excluding carboxylic acids is 2. The van der Waals surface area contributed by atoms with Crippen LogP contribution in [0.3, 0.4) is 0 Å². The van der Waals surface area contributed by atoms with Gasteiger partial charge in [-0.25, -0.2) is 19.6 Å². The molecule has 1 fully saturated rings. The highest BCUT2D eigenvalue weighted by Gasteiger charge is 2.38. The first-order valence-electron chi connectivity index (χ1n) is 7.43. The van der Waals surface area contributed by atoms with Gasteiger partial charge in [-0.2, -0.15) is 0 Å². The molecule has 1 heterocycles. The lowest BCUT2D eigenvalue weighted by atomic mass is 10.1. The van der Waals surface area contributed by atoms with Gasteiger partial charge in [0.05, 0.1) is 6.04 Å². The maximum Gasteiger partial charge on any atom is 0.429 e. The summed E-state index contributed by atoms with van der Waals surface area (Å²) >= 11 is 0. The lowest BCUT2D eigenvalue weighted by Crippen LogP contribution is -2.58. The minimum absolute atomic E-state index is 0.0962. The fourth-order valence-electron chi connectivity index (χ4n) is 2.09. The maximum atomic E-state index is 12.4. The van der Waals surface area contributed by atoms with E-state index in [2.05, 4.69) is 0 Å². The molecule has 1 aliphatic heterocycles. The minimum Gasteiger partial charge on any atom is -0.442 e. The van der Waals surface area contributed by atoms with Crippen LogP contribution in [0.5, 0.6) is 0 Å². The molecule has 1 saturated heterocycles. The summed E-state index contributed by atoms with van der Waals surface area (Å²) in [5.41, 5.74) is -1.20. The number of hydrogen-bond donors (Lipinski definition) is 0. The Morgan fingerprint density at radius 1 is 0.952 bits per heavy atom. The van der Waals surface area contributed by atoms with E-state index < -0.39 is 23.4 Å². The van der Waals surface area contributed by atoms with Gasteiger partial charge in [0, 0.05) is 6.54 Å². The predicted octanol–water partition coefficient (Wildman–Crippen LogP) is 3.56. The molecular weight excluding hydrogens is 272 g/mol. The van der Waals surface area contributed by atoms with Crippen molar-refractivity contribution in [2.24, 2.45) is 0 Å². The number of rotatable bonds is 0. The summed E-state index contributed by atoms with van der Waals surface area (Å²) in [5.74, 6) is 0. The standard InChI is InChI=1S/C15H28N2O4/c1-11-9-8-10-16(12(18)20-14(2,3)4)17(11)13(19)21-15(5,6)7/h11H,8-10H2,1-7H3. The first-order valence-corrected chi connectivity index (χ1v) is 7.43. The summed E-state index contributed by atoms with van der Waals surface area (Å²) < 4.78 is 10.8. The van der Waals surface area contributed by atoms with Crippen LogP contribution in [0, 0.1) is 0 Å². The fraction of sp³-hybridized carbons (Fsp3) is 0.867. The van der Waals surface area contributed by atoms with Crippen molar-refractivity contribution in [1.29, 1.82) is 0 Å². The third-order valence-electron chi connectivity index (χ3n) is 2.85. The SMILES string of the molecule is CC1CCCN(C(=O)OC(C)(C)C)N1C(=O)OC(C)(C)C. The lowest BCUT2D eigenvalue weighted by Gasteiger charge is -2.42. The number of amides is 2. The number of ether oxygens (including phenoxy) is 2. The molecule has 1 atom stereocenters. The smallest absolute Gasteiger partial charge is 0.429 e. The lowest BCUT2D eigenvalue weighted by molar-refractivity contribution is -0.0911. The molecule has 1 unspecified atom stereocenters. The predicted molar refractivity (Wildman–Crippen MR) is 79.7 cm³/mol. The highest BCUT2D eigenvalue weighted by Crippen LogP contribution is 2.23. The van der Waals surface area contributed by atoms with Crippen LogP contribution in [-0.2, 0) is 9.47 Å². The number of hydrogen-bond acceptors (Lipinski definition) is 4. The third-order valence-corrected chi connectivity index (χ3v) is 2.85. The second kappa shape index (κ2) is 6.12. The molecule has 0 spiro atoms. The Bertz CT molecular complexity index is 395. The molecular formula is C15H28N2O4. The second-order valence-electron chi connectivity index (χ2n) is 7.42. The largest absolute Gasteiger partial charge is 0.442 e. The van der Waals surface area contributed by atoms with Gasteiger partial charge < -0.3 is 9.47 Å². The van der Waals surface area contributed by atoms with Crippen LogP contribution in [0.4, 0.5) is 9.59 Å². The van der Waals surface area contributed by atoms with E-state index in [1.807, 2.05) is 6.92 Å². The van der Waals surface area contributed by atoms with Gasteiger partial charge >= 0.3 is 12.2 Å². The molecule has 1 aliphatic rings. The van der Waals surface area contributed by atoms with Gasteiger partial charge in [-0.3, -0.25) is 0 Å². The normalized spacial score (nSPS) is 20.2. The quantitative estimate of drug-likeness (QED) is 0.686. The third kappa shape index (κ3) is 5.44.